The molecule has 0 aliphatic carbocycles. The van der Waals surface area contributed by atoms with Crippen molar-refractivity contribution < 1.29 is 0 Å². The summed E-state index contributed by atoms with van der Waals surface area (Å²) in [7, 11) is 0. The first-order chi connectivity index (χ1) is 71.2. The van der Waals surface area contributed by atoms with Crippen LogP contribution in [0, 0.1) is 37.5 Å². The number of unbranched alkanes of at least 4 members (excludes halogenated alkanes) is 66. The Hall–Kier alpha value is -2.02. The van der Waals surface area contributed by atoms with Crippen LogP contribution in [0.5, 0.6) is 0 Å². The number of rotatable bonds is 101. The van der Waals surface area contributed by atoms with Gasteiger partial charge in [0.1, 0.15) is 11.0 Å². The van der Waals surface area contributed by atoms with Gasteiger partial charge < -0.3 is 0 Å². The second-order valence-corrected chi connectivity index (χ2v) is 55.1. The number of aromatic nitrogens is 2. The lowest BCUT2D eigenvalue weighted by molar-refractivity contribution is 0.365. The fourth-order valence-corrected chi connectivity index (χ4v) is 35.6. The molecule has 4 atom stereocenters. The highest BCUT2D eigenvalue weighted by molar-refractivity contribution is 7.48. The largest absolute Gasteiger partial charge is 0.172 e. The minimum atomic E-state index is 0.934. The third kappa shape index (κ3) is 49.0. The molecule has 4 unspecified atom stereocenters. The normalized spacial score (nSPS) is 13.1. The van der Waals surface area contributed by atoms with Crippen molar-refractivity contribution in [2.75, 3.05) is 0 Å². The fraction of sp³-hybridized carbons (Fsp3) is 0.806. The standard InChI is InChI=1S/C134H226N2S8/c1-11-19-27-35-43-47-61-77-93-111(89-73-57-39-31-23-15-5)97-81-65-51-53-71-87-103-117-110(10)138-129-126(117)140-133-131(129)143-132-130-128(142-134(132)133)120(104-88-72-54-52-66-82-98-112(90-74-58-40-32-24-16-6)94-78-62-48-44-36-28-20-12-2)127(141-130)125-116(102-86-70-56-68-84-100-114(92-76-60-42-34-26-18-8)96-80-64-50-46-38-30-22-14-4)108-122(139-125)119-106-105-118(123-124(119)136-144-135-123)121-107-115(109(9)137-121)101-85-69-55-67-83-99-113(91-75-59-41-33-25-17-7)95-79-63-49-45-37-29-21-13-3/h105-108,111-114H,11-104H2,1-10H3. The summed E-state index contributed by atoms with van der Waals surface area (Å²) in [5.74, 6) is 3.81. The summed E-state index contributed by atoms with van der Waals surface area (Å²) in [6, 6.07) is 10.2. The van der Waals surface area contributed by atoms with E-state index in [4.69, 9.17) is 8.75 Å². The average molecular weight is 2120 g/mol. The molecule has 10 heteroatoms. The number of nitrogens with zero attached hydrogens (tertiary/aromatic N) is 2. The van der Waals surface area contributed by atoms with Crippen LogP contribution in [0.25, 0.3) is 79.3 Å². The summed E-state index contributed by atoms with van der Waals surface area (Å²) in [6.07, 6.45) is 133. The van der Waals surface area contributed by atoms with Gasteiger partial charge in [0.15, 0.2) is 0 Å². The zero-order chi connectivity index (χ0) is 101. The lowest BCUT2D eigenvalue weighted by atomic mass is 9.89. The summed E-state index contributed by atoms with van der Waals surface area (Å²) < 4.78 is 23.5. The molecule has 0 saturated heterocycles. The van der Waals surface area contributed by atoms with Crippen molar-refractivity contribution in [1.82, 2.24) is 8.75 Å². The Morgan fingerprint density at radius 2 is 0.403 bits per heavy atom. The summed E-state index contributed by atoms with van der Waals surface area (Å²) in [5.41, 5.74) is 11.4. The number of hydrogen-bond acceptors (Lipinski definition) is 10. The maximum Gasteiger partial charge on any atom is 0.114 e. The second kappa shape index (κ2) is 81.6. The van der Waals surface area contributed by atoms with E-state index in [1.807, 2.05) is 11.3 Å². The van der Waals surface area contributed by atoms with Crippen LogP contribution in [0.4, 0.5) is 0 Å². The van der Waals surface area contributed by atoms with E-state index in [1.165, 1.54) is 635 Å². The van der Waals surface area contributed by atoms with Crippen LogP contribution >= 0.6 is 91.1 Å². The van der Waals surface area contributed by atoms with Gasteiger partial charge in [0.2, 0.25) is 0 Å². The summed E-state index contributed by atoms with van der Waals surface area (Å²) in [5, 5.41) is 0. The molecule has 2 nitrogen and oxygen atoms in total. The minimum Gasteiger partial charge on any atom is -0.172 e. The Labute approximate surface area is 923 Å². The van der Waals surface area contributed by atoms with Crippen molar-refractivity contribution in [3.63, 3.8) is 0 Å². The van der Waals surface area contributed by atoms with Crippen LogP contribution in [-0.2, 0) is 25.7 Å². The SMILES string of the molecule is CCCCCCCCCCC(CCCCCCCC)CCCCCCCCc1c(C)sc2c1sc1c2sc2c3sc(-c4sc(-c5ccc(-c6cc(CCCCCCCC(CCCCCCCC)CCCCCCCCCC)c(C)s6)c6nsnc56)cc4CCCCCCCC(CCCCCCCC)CCCCCCCCCC)c(CCCCCCCCC(CCCCCCCC)CCCCCCCCCC)c3sc21. The highest BCUT2D eigenvalue weighted by atomic mass is 32.1. The summed E-state index contributed by atoms with van der Waals surface area (Å²) in [6.45, 7) is 23.7. The number of fused-ring (bicyclic) bond motifs is 8. The van der Waals surface area contributed by atoms with E-state index < -0.39 is 0 Å². The van der Waals surface area contributed by atoms with Crippen LogP contribution in [0.15, 0.2) is 24.3 Å². The van der Waals surface area contributed by atoms with E-state index >= 15 is 0 Å². The van der Waals surface area contributed by atoms with Gasteiger partial charge >= 0.3 is 0 Å². The van der Waals surface area contributed by atoms with Crippen molar-refractivity contribution >= 4 is 140 Å². The van der Waals surface area contributed by atoms with Crippen LogP contribution in [0.1, 0.15) is 665 Å². The predicted molar refractivity (Wildman–Crippen MR) is 668 cm³/mol. The van der Waals surface area contributed by atoms with Crippen LogP contribution in [0.2, 0.25) is 0 Å². The summed E-state index contributed by atoms with van der Waals surface area (Å²) >= 11 is 16.5. The summed E-state index contributed by atoms with van der Waals surface area (Å²) in [4.78, 5) is 9.07. The molecule has 0 aliphatic heterocycles. The lowest BCUT2D eigenvalue weighted by Crippen LogP contribution is -2.02. The Bertz CT molecular complexity index is 4530. The van der Waals surface area contributed by atoms with Crippen LogP contribution < -0.4 is 0 Å². The second-order valence-electron chi connectivity index (χ2n) is 46.9. The van der Waals surface area contributed by atoms with Gasteiger partial charge in [-0.05, 0) is 123 Å². The van der Waals surface area contributed by atoms with Crippen molar-refractivity contribution in [3.05, 3.63) is 56.3 Å². The number of thiophene rings is 7. The van der Waals surface area contributed by atoms with Crippen molar-refractivity contribution in [2.45, 2.75) is 673 Å². The monoisotopic (exact) mass is 2120 g/mol. The predicted octanol–water partition coefficient (Wildman–Crippen LogP) is 52.3. The minimum absolute atomic E-state index is 0.934. The van der Waals surface area contributed by atoms with E-state index in [0.717, 1.165) is 41.1 Å². The van der Waals surface area contributed by atoms with E-state index in [9.17, 15) is 0 Å². The lowest BCUT2D eigenvalue weighted by Gasteiger charge is -2.17. The van der Waals surface area contributed by atoms with E-state index in [1.54, 1.807) is 74.5 Å². The fourth-order valence-electron chi connectivity index (χ4n) is 24.7. The molecule has 0 N–H and O–H groups in total. The average Bonchev–Trinajstić information content (AvgIpc) is 1.54. The Morgan fingerprint density at radius 1 is 0.188 bits per heavy atom. The first kappa shape index (κ1) is 125. The molecule has 144 heavy (non-hydrogen) atoms. The zero-order valence-electron chi connectivity index (χ0n) is 96.2. The molecule has 9 rings (SSSR count). The first-order valence-corrected chi connectivity index (χ1v) is 70.9. The van der Waals surface area contributed by atoms with Gasteiger partial charge in [0, 0.05) is 40.4 Å². The number of aryl methyl sites for hydroxylation is 6. The van der Waals surface area contributed by atoms with Crippen molar-refractivity contribution in [1.29, 1.82) is 0 Å². The highest BCUT2D eigenvalue weighted by Crippen LogP contribution is 2.58. The molecule has 0 amide bonds. The molecule has 0 bridgehead atoms. The Morgan fingerprint density at radius 3 is 0.694 bits per heavy atom. The first-order valence-electron chi connectivity index (χ1n) is 64.5. The molecule has 0 radical (unpaired) electrons. The molecular formula is C134H226N2S8. The van der Waals surface area contributed by atoms with Gasteiger partial charge in [-0.1, -0.05) is 620 Å². The molecule has 0 spiro atoms. The number of hydrogen-bond donors (Lipinski definition) is 0. The van der Waals surface area contributed by atoms with Gasteiger partial charge in [-0.25, -0.2) is 0 Å². The zero-order valence-corrected chi connectivity index (χ0v) is 103. The van der Waals surface area contributed by atoms with Crippen molar-refractivity contribution in [2.24, 2.45) is 23.7 Å². The Kier molecular flexibility index (Phi) is 71.1. The van der Waals surface area contributed by atoms with Crippen LogP contribution in [0.3, 0.4) is 0 Å². The quantitative estimate of drug-likeness (QED) is 0.0355. The van der Waals surface area contributed by atoms with Gasteiger partial charge in [0.25, 0.3) is 0 Å². The van der Waals surface area contributed by atoms with E-state index in [2.05, 4.69) is 162 Å². The third-order valence-electron chi connectivity index (χ3n) is 34.2. The highest BCUT2D eigenvalue weighted by Gasteiger charge is 2.29. The van der Waals surface area contributed by atoms with Crippen LogP contribution in [-0.4, -0.2) is 8.75 Å². The van der Waals surface area contributed by atoms with Gasteiger partial charge in [-0.2, -0.15) is 8.75 Å². The number of benzene rings is 1. The molecular weight excluding hydrogens is 1890 g/mol. The van der Waals surface area contributed by atoms with E-state index in [-0.39, 0.29) is 0 Å². The molecule has 9 aromatic rings. The molecule has 8 aromatic heterocycles. The van der Waals surface area contributed by atoms with Gasteiger partial charge in [0.05, 0.1) is 49.3 Å². The topological polar surface area (TPSA) is 25.8 Å². The van der Waals surface area contributed by atoms with Crippen molar-refractivity contribution in [3.8, 4) is 30.6 Å². The molecule has 820 valence electrons. The molecule has 0 saturated carbocycles. The van der Waals surface area contributed by atoms with E-state index in [0.29, 0.717) is 0 Å². The molecule has 1 aromatic carbocycles. The van der Waals surface area contributed by atoms with Gasteiger partial charge in [-0.15, -0.1) is 79.4 Å². The van der Waals surface area contributed by atoms with Gasteiger partial charge in [-0.3, -0.25) is 0 Å². The molecule has 8 heterocycles. The smallest absolute Gasteiger partial charge is 0.114 e. The maximum absolute atomic E-state index is 5.33. The maximum atomic E-state index is 5.33. The molecule has 0 fully saturated rings. The third-order valence-corrected chi connectivity index (χ3v) is 44.3. The molecule has 0 aliphatic rings. The Balaban J connectivity index is 0.933.